The SMILES string of the molecule is CC(C)(C)OC(=O)N[C@]1(c2ccc(-c3ncc(N)cc3-c3ccccc3)cc2)C[C@@H](F)C1. The largest absolute Gasteiger partial charge is 0.444 e. The number of anilines is 1. The number of hydrogen-bond acceptors (Lipinski definition) is 4. The number of carbonyl (C=O) groups is 1. The molecule has 4 rings (SSSR count). The van der Waals surface area contributed by atoms with Crippen LogP contribution in [-0.4, -0.2) is 22.8 Å². The molecule has 1 aromatic heterocycles. The van der Waals surface area contributed by atoms with Crippen molar-refractivity contribution in [2.24, 2.45) is 0 Å². The Balaban J connectivity index is 1.64. The lowest BCUT2D eigenvalue weighted by Crippen LogP contribution is -2.56. The first-order chi connectivity index (χ1) is 15.2. The Hall–Kier alpha value is -3.41. The molecule has 6 heteroatoms. The van der Waals surface area contributed by atoms with Crippen molar-refractivity contribution in [1.82, 2.24) is 10.3 Å². The Morgan fingerprint density at radius 3 is 2.34 bits per heavy atom. The third kappa shape index (κ3) is 4.59. The van der Waals surface area contributed by atoms with Crippen molar-refractivity contribution < 1.29 is 13.9 Å². The second-order valence-electron chi connectivity index (χ2n) is 9.32. The lowest BCUT2D eigenvalue weighted by atomic mass is 9.70. The molecule has 3 aromatic rings. The Kier molecular flexibility index (Phi) is 5.63. The van der Waals surface area contributed by atoms with Crippen LogP contribution in [0.3, 0.4) is 0 Å². The number of nitrogen functional groups attached to an aromatic ring is 1. The van der Waals surface area contributed by atoms with Gasteiger partial charge >= 0.3 is 6.09 Å². The van der Waals surface area contributed by atoms with Crippen LogP contribution in [0.5, 0.6) is 0 Å². The van der Waals surface area contributed by atoms with Gasteiger partial charge in [-0.3, -0.25) is 4.98 Å². The number of nitrogens with two attached hydrogens (primary N) is 1. The fourth-order valence-corrected chi connectivity index (χ4v) is 4.10. The number of ether oxygens (including phenoxy) is 1. The third-order valence-corrected chi connectivity index (χ3v) is 5.58. The summed E-state index contributed by atoms with van der Waals surface area (Å²) < 4.78 is 19.3. The number of halogens is 1. The normalized spacial score (nSPS) is 20.3. The summed E-state index contributed by atoms with van der Waals surface area (Å²) in [7, 11) is 0. The smallest absolute Gasteiger partial charge is 0.408 e. The fraction of sp³-hybridized carbons (Fsp3) is 0.308. The number of rotatable bonds is 4. The second-order valence-corrected chi connectivity index (χ2v) is 9.32. The zero-order chi connectivity index (χ0) is 22.9. The molecule has 1 fully saturated rings. The van der Waals surface area contributed by atoms with E-state index in [1.54, 1.807) is 27.0 Å². The third-order valence-electron chi connectivity index (χ3n) is 5.58. The molecule has 0 spiro atoms. The molecule has 0 unspecified atom stereocenters. The van der Waals surface area contributed by atoms with Crippen LogP contribution in [0.25, 0.3) is 22.4 Å². The molecule has 166 valence electrons. The van der Waals surface area contributed by atoms with E-state index < -0.39 is 23.4 Å². The first-order valence-corrected chi connectivity index (χ1v) is 10.7. The lowest BCUT2D eigenvalue weighted by molar-refractivity contribution is 0.0202. The summed E-state index contributed by atoms with van der Waals surface area (Å²) in [4.78, 5) is 17.0. The number of benzene rings is 2. The average molecular weight is 434 g/mol. The molecule has 1 aliphatic rings. The van der Waals surface area contributed by atoms with E-state index in [9.17, 15) is 9.18 Å². The molecule has 3 N–H and O–H groups in total. The summed E-state index contributed by atoms with van der Waals surface area (Å²) >= 11 is 0. The molecular weight excluding hydrogens is 405 g/mol. The minimum absolute atomic E-state index is 0.223. The van der Waals surface area contributed by atoms with Gasteiger partial charge in [-0.1, -0.05) is 54.6 Å². The van der Waals surface area contributed by atoms with Crippen LogP contribution in [0.1, 0.15) is 39.2 Å². The maximum atomic E-state index is 13.9. The maximum Gasteiger partial charge on any atom is 0.408 e. The van der Waals surface area contributed by atoms with Gasteiger partial charge in [0.05, 0.1) is 23.1 Å². The quantitative estimate of drug-likeness (QED) is 0.541. The van der Waals surface area contributed by atoms with Gasteiger partial charge in [-0.25, -0.2) is 9.18 Å². The molecule has 0 radical (unpaired) electrons. The zero-order valence-corrected chi connectivity index (χ0v) is 18.6. The standard InChI is InChI=1S/C26H28FN3O2/c1-25(2,3)32-24(31)30-26(14-20(27)15-26)19-11-9-18(10-12-19)23-22(13-21(28)16-29-23)17-7-5-4-6-8-17/h4-13,16,20H,14-15,28H2,1-3H3,(H,30,31)/t20-,26-. The van der Waals surface area contributed by atoms with Gasteiger partial charge in [-0.15, -0.1) is 0 Å². The van der Waals surface area contributed by atoms with Crippen LogP contribution in [0.15, 0.2) is 66.9 Å². The number of pyridine rings is 1. The summed E-state index contributed by atoms with van der Waals surface area (Å²) in [5.41, 5.74) is 9.73. The number of aromatic nitrogens is 1. The van der Waals surface area contributed by atoms with E-state index in [1.165, 1.54) is 0 Å². The molecule has 1 amide bonds. The summed E-state index contributed by atoms with van der Waals surface area (Å²) in [6.45, 7) is 5.41. The van der Waals surface area contributed by atoms with Crippen molar-refractivity contribution in [2.75, 3.05) is 5.73 Å². The van der Waals surface area contributed by atoms with E-state index in [4.69, 9.17) is 10.5 Å². The highest BCUT2D eigenvalue weighted by molar-refractivity contribution is 5.82. The van der Waals surface area contributed by atoms with E-state index in [-0.39, 0.29) is 12.8 Å². The Morgan fingerprint density at radius 1 is 1.09 bits per heavy atom. The van der Waals surface area contributed by atoms with Gasteiger partial charge in [0.2, 0.25) is 0 Å². The fourth-order valence-electron chi connectivity index (χ4n) is 4.10. The first-order valence-electron chi connectivity index (χ1n) is 10.7. The predicted octanol–water partition coefficient (Wildman–Crippen LogP) is 5.85. The molecule has 1 aliphatic carbocycles. The predicted molar refractivity (Wildman–Crippen MR) is 125 cm³/mol. The van der Waals surface area contributed by atoms with Gasteiger partial charge in [-0.2, -0.15) is 0 Å². The van der Waals surface area contributed by atoms with E-state index in [0.717, 1.165) is 27.9 Å². The van der Waals surface area contributed by atoms with Gasteiger partial charge < -0.3 is 15.8 Å². The van der Waals surface area contributed by atoms with E-state index in [2.05, 4.69) is 10.3 Å². The van der Waals surface area contributed by atoms with Crippen LogP contribution in [-0.2, 0) is 10.3 Å². The molecule has 32 heavy (non-hydrogen) atoms. The highest BCUT2D eigenvalue weighted by Gasteiger charge is 2.48. The number of amides is 1. The number of alkyl carbamates (subject to hydrolysis) is 1. The molecule has 5 nitrogen and oxygen atoms in total. The maximum absolute atomic E-state index is 13.9. The number of carbonyl (C=O) groups excluding carboxylic acids is 1. The second kappa shape index (κ2) is 8.26. The average Bonchev–Trinajstić information content (AvgIpc) is 2.72. The van der Waals surface area contributed by atoms with Gasteiger partial charge in [0.1, 0.15) is 11.8 Å². The molecule has 0 atom stereocenters. The highest BCUT2D eigenvalue weighted by Crippen LogP contribution is 2.44. The van der Waals surface area contributed by atoms with Crippen molar-refractivity contribution in [3.05, 3.63) is 72.4 Å². The number of hydrogen-bond donors (Lipinski definition) is 2. The number of alkyl halides is 1. The molecule has 2 aromatic carbocycles. The van der Waals surface area contributed by atoms with Gasteiger partial charge in [0.25, 0.3) is 0 Å². The summed E-state index contributed by atoms with van der Waals surface area (Å²) in [5.74, 6) is 0. The van der Waals surface area contributed by atoms with Gasteiger partial charge in [-0.05, 0) is 38.0 Å². The molecule has 0 bridgehead atoms. The molecule has 0 saturated heterocycles. The minimum Gasteiger partial charge on any atom is -0.444 e. The highest BCUT2D eigenvalue weighted by atomic mass is 19.1. The minimum atomic E-state index is -0.951. The van der Waals surface area contributed by atoms with Gasteiger partial charge in [0, 0.05) is 24.0 Å². The van der Waals surface area contributed by atoms with Gasteiger partial charge in [0.15, 0.2) is 0 Å². The first kappa shape index (κ1) is 21.8. The summed E-state index contributed by atoms with van der Waals surface area (Å²) in [6, 6.07) is 19.6. The van der Waals surface area contributed by atoms with Crippen molar-refractivity contribution in [2.45, 2.75) is 50.9 Å². The van der Waals surface area contributed by atoms with Crippen LogP contribution in [0.2, 0.25) is 0 Å². The summed E-state index contributed by atoms with van der Waals surface area (Å²) in [5, 5.41) is 2.90. The molecule has 0 aliphatic heterocycles. The molecule has 1 heterocycles. The summed E-state index contributed by atoms with van der Waals surface area (Å²) in [6.07, 6.45) is 0.594. The topological polar surface area (TPSA) is 77.2 Å². The van der Waals surface area contributed by atoms with E-state index >= 15 is 0 Å². The van der Waals surface area contributed by atoms with Crippen molar-refractivity contribution in [3.8, 4) is 22.4 Å². The monoisotopic (exact) mass is 433 g/mol. The Morgan fingerprint density at radius 2 is 1.75 bits per heavy atom. The van der Waals surface area contributed by atoms with Crippen LogP contribution in [0.4, 0.5) is 14.9 Å². The van der Waals surface area contributed by atoms with Crippen LogP contribution >= 0.6 is 0 Å². The molecular formula is C26H28FN3O2. The number of nitrogens with zero attached hydrogens (tertiary/aromatic N) is 1. The Labute approximate surface area is 187 Å². The lowest BCUT2D eigenvalue weighted by Gasteiger charge is -2.45. The molecule has 1 saturated carbocycles. The van der Waals surface area contributed by atoms with Crippen LogP contribution < -0.4 is 11.1 Å². The van der Waals surface area contributed by atoms with Crippen molar-refractivity contribution >= 4 is 11.8 Å². The van der Waals surface area contributed by atoms with E-state index in [1.807, 2.05) is 60.7 Å². The van der Waals surface area contributed by atoms with E-state index in [0.29, 0.717) is 5.69 Å². The zero-order valence-electron chi connectivity index (χ0n) is 18.6. The van der Waals surface area contributed by atoms with Crippen LogP contribution in [0, 0.1) is 0 Å². The van der Waals surface area contributed by atoms with Crippen molar-refractivity contribution in [3.63, 3.8) is 0 Å². The van der Waals surface area contributed by atoms with Crippen molar-refractivity contribution in [1.29, 1.82) is 0 Å². The Bertz CT molecular complexity index is 1100. The number of nitrogens with one attached hydrogen (secondary N) is 1.